The van der Waals surface area contributed by atoms with Gasteiger partial charge in [0.05, 0.1) is 6.21 Å². The van der Waals surface area contributed by atoms with E-state index >= 15 is 0 Å². The second-order valence-electron chi connectivity index (χ2n) is 5.86. The van der Waals surface area contributed by atoms with Crippen molar-refractivity contribution in [1.29, 1.82) is 0 Å². The fraction of sp³-hybridized carbons (Fsp3) is 0.500. The molecular formula is C14H17ClN4. The van der Waals surface area contributed by atoms with Crippen molar-refractivity contribution >= 4 is 23.6 Å². The fourth-order valence-electron chi connectivity index (χ4n) is 3.09. The molecule has 3 aliphatic carbocycles. The zero-order valence-corrected chi connectivity index (χ0v) is 11.9. The van der Waals surface area contributed by atoms with Crippen LogP contribution >= 0.6 is 11.6 Å². The van der Waals surface area contributed by atoms with E-state index in [2.05, 4.69) is 40.6 Å². The number of halogens is 1. The maximum atomic E-state index is 5.67. The van der Waals surface area contributed by atoms with E-state index in [1.54, 1.807) is 12.1 Å². The lowest BCUT2D eigenvalue weighted by molar-refractivity contribution is -0.00124. The molecule has 1 N–H and O–H groups in total. The Balaban J connectivity index is 1.64. The minimum Gasteiger partial charge on any atom is -0.260 e. The molecule has 1 fully saturated rings. The zero-order valence-electron chi connectivity index (χ0n) is 11.1. The average molecular weight is 277 g/mol. The zero-order chi connectivity index (χ0) is 13.5. The first-order chi connectivity index (χ1) is 9.07. The van der Waals surface area contributed by atoms with Crippen LogP contribution in [0.5, 0.6) is 0 Å². The van der Waals surface area contributed by atoms with Gasteiger partial charge in [0.15, 0.2) is 11.0 Å². The van der Waals surface area contributed by atoms with E-state index < -0.39 is 0 Å². The molecule has 4 nitrogen and oxygen atoms in total. The van der Waals surface area contributed by atoms with Crippen LogP contribution in [0.15, 0.2) is 28.9 Å². The van der Waals surface area contributed by atoms with Gasteiger partial charge in [0.25, 0.3) is 0 Å². The molecule has 1 aromatic rings. The van der Waals surface area contributed by atoms with Gasteiger partial charge in [-0.3, -0.25) is 5.43 Å². The van der Waals surface area contributed by atoms with Gasteiger partial charge in [-0.15, -0.1) is 10.2 Å². The lowest BCUT2D eigenvalue weighted by Gasteiger charge is -2.55. The van der Waals surface area contributed by atoms with Crippen LogP contribution in [-0.4, -0.2) is 16.4 Å². The largest absolute Gasteiger partial charge is 0.260 e. The van der Waals surface area contributed by atoms with Crippen LogP contribution in [0.3, 0.4) is 0 Å². The van der Waals surface area contributed by atoms with Gasteiger partial charge in [-0.1, -0.05) is 31.5 Å². The maximum absolute atomic E-state index is 5.67. The number of nitrogens with one attached hydrogen (secondary N) is 1. The summed E-state index contributed by atoms with van der Waals surface area (Å²) in [5, 5.41) is 12.3. The summed E-state index contributed by atoms with van der Waals surface area (Å²) in [4.78, 5) is 0. The first kappa shape index (κ1) is 12.6. The van der Waals surface area contributed by atoms with Gasteiger partial charge in [0, 0.05) is 0 Å². The average Bonchev–Trinajstić information content (AvgIpc) is 2.41. The van der Waals surface area contributed by atoms with E-state index in [1.165, 1.54) is 18.4 Å². The number of hydrogen-bond donors (Lipinski definition) is 1. The van der Waals surface area contributed by atoms with Crippen LogP contribution in [0.25, 0.3) is 0 Å². The van der Waals surface area contributed by atoms with Crippen LogP contribution in [-0.2, 0) is 0 Å². The summed E-state index contributed by atoms with van der Waals surface area (Å²) in [6, 6.07) is 3.44. The smallest absolute Gasteiger partial charge is 0.168 e. The highest BCUT2D eigenvalue weighted by Crippen LogP contribution is 2.58. The molecule has 0 amide bonds. The fourth-order valence-corrected chi connectivity index (χ4v) is 3.19. The summed E-state index contributed by atoms with van der Waals surface area (Å²) in [6.07, 6.45) is 6.69. The van der Waals surface area contributed by atoms with Crippen LogP contribution in [0.2, 0.25) is 5.15 Å². The molecule has 0 unspecified atom stereocenters. The Morgan fingerprint density at radius 3 is 2.89 bits per heavy atom. The number of aromatic nitrogens is 2. The molecule has 0 aromatic carbocycles. The number of fused-ring (bicyclic) bond motifs is 1. The topological polar surface area (TPSA) is 50.2 Å². The SMILES string of the molecule is CC1(C)[C@@H]2CC=C(/C=N\Nc3ccc(Cl)nn3)[C@@H]1C2. The number of hydrogen-bond acceptors (Lipinski definition) is 4. The van der Waals surface area contributed by atoms with E-state index in [1.807, 2.05) is 6.21 Å². The molecule has 19 heavy (non-hydrogen) atoms. The maximum Gasteiger partial charge on any atom is 0.168 e. The Hall–Kier alpha value is -1.42. The number of rotatable bonds is 3. The molecule has 2 bridgehead atoms. The van der Waals surface area contributed by atoms with E-state index in [-0.39, 0.29) is 0 Å². The number of hydrazone groups is 1. The standard InChI is InChI=1S/C14H17ClN4/c1-14(2)10-4-3-9(11(14)7-10)8-16-18-13-6-5-12(15)17-19-13/h3,5-6,8,10-11H,4,7H2,1-2H3,(H,18,19)/b16-8-/t10-,11+/m1/s1. The van der Waals surface area contributed by atoms with Gasteiger partial charge >= 0.3 is 0 Å². The Morgan fingerprint density at radius 2 is 2.26 bits per heavy atom. The molecule has 0 spiro atoms. The summed E-state index contributed by atoms with van der Waals surface area (Å²) in [5.74, 6) is 2.10. The summed E-state index contributed by atoms with van der Waals surface area (Å²) >= 11 is 5.67. The van der Waals surface area contributed by atoms with Crippen molar-refractivity contribution in [2.45, 2.75) is 26.7 Å². The van der Waals surface area contributed by atoms with Gasteiger partial charge in [-0.2, -0.15) is 5.10 Å². The molecule has 4 rings (SSSR count). The third-order valence-electron chi connectivity index (χ3n) is 4.54. The molecule has 2 atom stereocenters. The quantitative estimate of drug-likeness (QED) is 0.679. The molecule has 0 saturated heterocycles. The van der Waals surface area contributed by atoms with Crippen molar-refractivity contribution in [3.8, 4) is 0 Å². The Labute approximate surface area is 118 Å². The van der Waals surface area contributed by atoms with Crippen LogP contribution in [0.1, 0.15) is 26.7 Å². The van der Waals surface area contributed by atoms with Gasteiger partial charge in [0.2, 0.25) is 0 Å². The summed E-state index contributed by atoms with van der Waals surface area (Å²) in [6.45, 7) is 4.70. The van der Waals surface area contributed by atoms with Crippen LogP contribution < -0.4 is 5.43 Å². The van der Waals surface area contributed by atoms with Crippen molar-refractivity contribution in [1.82, 2.24) is 10.2 Å². The lowest BCUT2D eigenvalue weighted by atomic mass is 9.49. The predicted octanol–water partition coefficient (Wildman–Crippen LogP) is 3.52. The highest BCUT2D eigenvalue weighted by atomic mass is 35.5. The molecule has 5 heteroatoms. The minimum atomic E-state index is 0.381. The summed E-state index contributed by atoms with van der Waals surface area (Å²) in [5.41, 5.74) is 4.64. The summed E-state index contributed by atoms with van der Waals surface area (Å²) < 4.78 is 0. The van der Waals surface area contributed by atoms with Gasteiger partial charge in [-0.05, 0) is 47.8 Å². The lowest BCUT2D eigenvalue weighted by Crippen LogP contribution is -2.48. The first-order valence-electron chi connectivity index (χ1n) is 6.56. The number of allylic oxidation sites excluding steroid dienone is 2. The molecule has 1 saturated carbocycles. The molecule has 1 heterocycles. The Bertz CT molecular complexity index is 533. The van der Waals surface area contributed by atoms with Gasteiger partial charge in [-0.25, -0.2) is 0 Å². The molecule has 100 valence electrons. The van der Waals surface area contributed by atoms with E-state index in [4.69, 9.17) is 11.6 Å². The van der Waals surface area contributed by atoms with Crippen molar-refractivity contribution in [2.75, 3.05) is 5.43 Å². The van der Waals surface area contributed by atoms with E-state index in [0.29, 0.717) is 22.3 Å². The van der Waals surface area contributed by atoms with Crippen molar-refractivity contribution in [3.63, 3.8) is 0 Å². The normalized spacial score (nSPS) is 27.8. The summed E-state index contributed by atoms with van der Waals surface area (Å²) in [7, 11) is 0. The number of anilines is 1. The minimum absolute atomic E-state index is 0.381. The molecule has 0 radical (unpaired) electrons. The first-order valence-corrected chi connectivity index (χ1v) is 6.93. The highest BCUT2D eigenvalue weighted by Gasteiger charge is 2.50. The van der Waals surface area contributed by atoms with E-state index in [0.717, 1.165) is 5.92 Å². The second kappa shape index (κ2) is 4.60. The van der Waals surface area contributed by atoms with Crippen molar-refractivity contribution < 1.29 is 0 Å². The molecular weight excluding hydrogens is 260 g/mol. The molecule has 0 aliphatic heterocycles. The highest BCUT2D eigenvalue weighted by molar-refractivity contribution is 6.29. The monoisotopic (exact) mass is 276 g/mol. The van der Waals surface area contributed by atoms with Crippen LogP contribution in [0.4, 0.5) is 5.82 Å². The van der Waals surface area contributed by atoms with Crippen molar-refractivity contribution in [3.05, 3.63) is 28.9 Å². The second-order valence-corrected chi connectivity index (χ2v) is 6.24. The van der Waals surface area contributed by atoms with Crippen molar-refractivity contribution in [2.24, 2.45) is 22.4 Å². The third kappa shape index (κ3) is 2.25. The predicted molar refractivity (Wildman–Crippen MR) is 77.2 cm³/mol. The Kier molecular flexibility index (Phi) is 3.05. The molecule has 3 aliphatic rings. The molecule has 1 aromatic heterocycles. The van der Waals surface area contributed by atoms with Gasteiger partial charge < -0.3 is 0 Å². The van der Waals surface area contributed by atoms with E-state index in [9.17, 15) is 0 Å². The van der Waals surface area contributed by atoms with Crippen LogP contribution in [0, 0.1) is 17.3 Å². The Morgan fingerprint density at radius 1 is 1.42 bits per heavy atom. The number of nitrogens with zero attached hydrogens (tertiary/aromatic N) is 3. The third-order valence-corrected chi connectivity index (χ3v) is 4.74. The van der Waals surface area contributed by atoms with Gasteiger partial charge in [0.1, 0.15) is 0 Å².